The van der Waals surface area contributed by atoms with Crippen molar-refractivity contribution in [3.05, 3.63) is 59.7 Å². The van der Waals surface area contributed by atoms with E-state index in [0.29, 0.717) is 23.7 Å². The maximum Gasteiger partial charge on any atom is 0.338 e. The quantitative estimate of drug-likeness (QED) is 0.388. The molecule has 0 saturated carbocycles. The summed E-state index contributed by atoms with van der Waals surface area (Å²) in [4.78, 5) is 28.4. The van der Waals surface area contributed by atoms with E-state index in [4.69, 9.17) is 4.74 Å². The molecule has 0 unspecified atom stereocenters. The second-order valence-electron chi connectivity index (χ2n) is 6.11. The Kier molecular flexibility index (Phi) is 7.45. The molecule has 3 rings (SSSR count). The van der Waals surface area contributed by atoms with Crippen LogP contribution in [0.15, 0.2) is 48.5 Å². The van der Waals surface area contributed by atoms with E-state index in [9.17, 15) is 9.59 Å². The van der Waals surface area contributed by atoms with Crippen molar-refractivity contribution in [2.75, 3.05) is 17.7 Å². The third kappa shape index (κ3) is 5.81. The van der Waals surface area contributed by atoms with Crippen LogP contribution in [0.4, 0.5) is 5.13 Å². The van der Waals surface area contributed by atoms with Gasteiger partial charge in [0.05, 0.1) is 22.4 Å². The second kappa shape index (κ2) is 10.2. The summed E-state index contributed by atoms with van der Waals surface area (Å²) in [5.74, 6) is 1.51. The fourth-order valence-corrected chi connectivity index (χ4v) is 4.44. The van der Waals surface area contributed by atoms with Crippen molar-refractivity contribution in [3.63, 3.8) is 0 Å². The van der Waals surface area contributed by atoms with Gasteiger partial charge in [-0.15, -0.1) is 0 Å². The number of hydrogen-bond acceptors (Lipinski definition) is 6. The van der Waals surface area contributed by atoms with Gasteiger partial charge in [-0.2, -0.15) is 11.8 Å². The Hall–Kier alpha value is -2.38. The van der Waals surface area contributed by atoms with E-state index in [1.54, 1.807) is 25.1 Å². The van der Waals surface area contributed by atoms with Crippen LogP contribution in [0.1, 0.15) is 35.7 Å². The molecule has 0 spiro atoms. The highest BCUT2D eigenvalue weighted by atomic mass is 32.2. The predicted molar refractivity (Wildman–Crippen MR) is 116 cm³/mol. The van der Waals surface area contributed by atoms with Crippen molar-refractivity contribution in [2.45, 2.75) is 25.5 Å². The van der Waals surface area contributed by atoms with E-state index in [0.717, 1.165) is 28.1 Å². The Morgan fingerprint density at radius 3 is 2.79 bits per heavy atom. The number of thioether (sulfide) groups is 1. The van der Waals surface area contributed by atoms with Gasteiger partial charge >= 0.3 is 5.97 Å². The molecule has 0 saturated heterocycles. The monoisotopic (exact) mass is 414 g/mol. The van der Waals surface area contributed by atoms with Crippen LogP contribution in [-0.2, 0) is 15.3 Å². The van der Waals surface area contributed by atoms with Gasteiger partial charge in [0.25, 0.3) is 0 Å². The average molecular weight is 415 g/mol. The number of aromatic nitrogens is 1. The SMILES string of the molecule is CCOC(=O)c1ccc2nc(NC(=O)CCCSCc3ccccc3)sc2c1. The molecule has 0 aliphatic rings. The van der Waals surface area contributed by atoms with Crippen molar-refractivity contribution < 1.29 is 14.3 Å². The number of rotatable bonds is 9. The summed E-state index contributed by atoms with van der Waals surface area (Å²) in [5, 5.41) is 3.41. The number of thiazole rings is 1. The molecule has 0 atom stereocenters. The summed E-state index contributed by atoms with van der Waals surface area (Å²) >= 11 is 3.19. The molecule has 1 amide bonds. The lowest BCUT2D eigenvalue weighted by molar-refractivity contribution is -0.116. The van der Waals surface area contributed by atoms with Crippen molar-refractivity contribution in [3.8, 4) is 0 Å². The maximum absolute atomic E-state index is 12.2. The number of amides is 1. The van der Waals surface area contributed by atoms with Gasteiger partial charge < -0.3 is 10.1 Å². The Morgan fingerprint density at radius 1 is 1.18 bits per heavy atom. The number of benzene rings is 2. The van der Waals surface area contributed by atoms with Crippen molar-refractivity contribution in [1.82, 2.24) is 4.98 Å². The van der Waals surface area contributed by atoms with Crippen LogP contribution < -0.4 is 5.32 Å². The third-order valence-corrected chi connectivity index (χ3v) is 6.00. The first kappa shape index (κ1) is 20.4. The van der Waals surface area contributed by atoms with Crippen molar-refractivity contribution >= 4 is 50.3 Å². The Morgan fingerprint density at radius 2 is 2.00 bits per heavy atom. The normalized spacial score (nSPS) is 10.8. The lowest BCUT2D eigenvalue weighted by Crippen LogP contribution is -2.11. The topological polar surface area (TPSA) is 68.3 Å². The number of nitrogens with zero attached hydrogens (tertiary/aromatic N) is 1. The second-order valence-corrected chi connectivity index (χ2v) is 8.25. The number of nitrogens with one attached hydrogen (secondary N) is 1. The third-order valence-electron chi connectivity index (χ3n) is 3.95. The van der Waals surface area contributed by atoms with E-state index in [2.05, 4.69) is 22.4 Å². The smallest absolute Gasteiger partial charge is 0.338 e. The lowest BCUT2D eigenvalue weighted by atomic mass is 10.2. The summed E-state index contributed by atoms with van der Waals surface area (Å²) in [6, 6.07) is 15.5. The zero-order valence-corrected chi connectivity index (χ0v) is 17.3. The van der Waals surface area contributed by atoms with E-state index in [1.165, 1.54) is 16.9 Å². The largest absolute Gasteiger partial charge is 0.462 e. The van der Waals surface area contributed by atoms with Gasteiger partial charge in [-0.25, -0.2) is 9.78 Å². The van der Waals surface area contributed by atoms with E-state index in [1.807, 2.05) is 30.0 Å². The molecule has 2 aromatic carbocycles. The summed E-state index contributed by atoms with van der Waals surface area (Å²) in [7, 11) is 0. The Labute approximate surface area is 172 Å². The van der Waals surface area contributed by atoms with Crippen LogP contribution in [0.25, 0.3) is 10.2 Å². The first-order valence-electron chi connectivity index (χ1n) is 9.15. The van der Waals surface area contributed by atoms with Crippen LogP contribution in [-0.4, -0.2) is 29.2 Å². The van der Waals surface area contributed by atoms with Crippen LogP contribution >= 0.6 is 23.1 Å². The highest BCUT2D eigenvalue weighted by molar-refractivity contribution is 7.98. The molecule has 28 heavy (non-hydrogen) atoms. The minimum atomic E-state index is -0.351. The molecular weight excluding hydrogens is 392 g/mol. The first-order chi connectivity index (χ1) is 13.7. The van der Waals surface area contributed by atoms with Gasteiger partial charge in [0.15, 0.2) is 5.13 Å². The molecule has 1 aromatic heterocycles. The molecule has 5 nitrogen and oxygen atoms in total. The number of carbonyl (C=O) groups is 2. The zero-order valence-electron chi connectivity index (χ0n) is 15.6. The molecular formula is C21H22N2O3S2. The average Bonchev–Trinajstić information content (AvgIpc) is 3.10. The summed E-state index contributed by atoms with van der Waals surface area (Å²) < 4.78 is 5.86. The molecule has 3 aromatic rings. The number of hydrogen-bond donors (Lipinski definition) is 1. The number of esters is 1. The summed E-state index contributed by atoms with van der Waals surface area (Å²) in [6.45, 7) is 2.11. The minimum Gasteiger partial charge on any atom is -0.462 e. The van der Waals surface area contributed by atoms with E-state index < -0.39 is 0 Å². The summed E-state index contributed by atoms with van der Waals surface area (Å²) in [6.07, 6.45) is 1.28. The molecule has 1 heterocycles. The zero-order chi connectivity index (χ0) is 19.8. The van der Waals surface area contributed by atoms with Crippen LogP contribution in [0.5, 0.6) is 0 Å². The van der Waals surface area contributed by atoms with Gasteiger partial charge in [-0.1, -0.05) is 41.7 Å². The van der Waals surface area contributed by atoms with Gasteiger partial charge in [-0.05, 0) is 42.9 Å². The number of carbonyl (C=O) groups excluding carboxylic acids is 2. The molecule has 0 radical (unpaired) electrons. The fourth-order valence-electron chi connectivity index (χ4n) is 2.60. The molecule has 1 N–H and O–H groups in total. The molecule has 7 heteroatoms. The van der Waals surface area contributed by atoms with Crippen LogP contribution in [0.3, 0.4) is 0 Å². The van der Waals surface area contributed by atoms with Crippen molar-refractivity contribution in [1.29, 1.82) is 0 Å². The summed E-state index contributed by atoms with van der Waals surface area (Å²) in [5.41, 5.74) is 2.55. The van der Waals surface area contributed by atoms with E-state index in [-0.39, 0.29) is 11.9 Å². The van der Waals surface area contributed by atoms with Gasteiger partial charge in [0, 0.05) is 12.2 Å². The number of ether oxygens (including phenoxy) is 1. The lowest BCUT2D eigenvalue weighted by Gasteiger charge is -2.03. The highest BCUT2D eigenvalue weighted by Crippen LogP contribution is 2.27. The molecule has 0 bridgehead atoms. The van der Waals surface area contributed by atoms with Crippen molar-refractivity contribution in [2.24, 2.45) is 0 Å². The van der Waals surface area contributed by atoms with Crippen LogP contribution in [0.2, 0.25) is 0 Å². The van der Waals surface area contributed by atoms with Gasteiger partial charge in [-0.3, -0.25) is 4.79 Å². The maximum atomic E-state index is 12.2. The number of anilines is 1. The van der Waals surface area contributed by atoms with Gasteiger partial charge in [0.2, 0.25) is 5.91 Å². The fraction of sp³-hybridized carbons (Fsp3) is 0.286. The van der Waals surface area contributed by atoms with Gasteiger partial charge in [0.1, 0.15) is 0 Å². The first-order valence-corrected chi connectivity index (χ1v) is 11.1. The van der Waals surface area contributed by atoms with Crippen LogP contribution in [0, 0.1) is 0 Å². The molecule has 0 fully saturated rings. The molecule has 0 aliphatic carbocycles. The Bertz CT molecular complexity index is 941. The van der Waals surface area contributed by atoms with E-state index >= 15 is 0 Å². The standard InChI is InChI=1S/C21H22N2O3S2/c1-2-26-20(25)16-10-11-17-18(13-16)28-21(22-17)23-19(24)9-6-12-27-14-15-7-4-3-5-8-15/h3-5,7-8,10-11,13H,2,6,9,12,14H2,1H3,(H,22,23,24). The highest BCUT2D eigenvalue weighted by Gasteiger charge is 2.11. The minimum absolute atomic E-state index is 0.0371. The Balaban J connectivity index is 1.45. The number of fused-ring (bicyclic) bond motifs is 1. The molecule has 0 aliphatic heterocycles. The predicted octanol–water partition coefficient (Wildman–Crippen LogP) is 5.13. The molecule has 146 valence electrons.